The van der Waals surface area contributed by atoms with Crippen molar-refractivity contribution >= 4 is 27.7 Å². The fourth-order valence-electron chi connectivity index (χ4n) is 1.69. The van der Waals surface area contributed by atoms with Crippen LogP contribution in [0.3, 0.4) is 0 Å². The van der Waals surface area contributed by atoms with Gasteiger partial charge in [0.2, 0.25) is 0 Å². The molecule has 0 aliphatic heterocycles. The molecule has 0 spiro atoms. The van der Waals surface area contributed by atoms with Gasteiger partial charge in [-0.15, -0.1) is 0 Å². The highest BCUT2D eigenvalue weighted by atomic mass is 79.9. The molecule has 0 saturated carbocycles. The van der Waals surface area contributed by atoms with E-state index in [1.54, 1.807) is 11.8 Å². The van der Waals surface area contributed by atoms with Crippen LogP contribution in [0.5, 0.6) is 0 Å². The summed E-state index contributed by atoms with van der Waals surface area (Å²) in [6.45, 7) is 4.27. The second-order valence-corrected chi connectivity index (χ2v) is 6.28. The lowest BCUT2D eigenvalue weighted by Crippen LogP contribution is -1.89. The average molecular weight is 323 g/mol. The Bertz CT molecular complexity index is 566. The van der Waals surface area contributed by atoms with Gasteiger partial charge in [-0.1, -0.05) is 45.9 Å². The molecular weight excluding hydrogens is 308 g/mol. The second-order valence-electron chi connectivity index (χ2n) is 4.28. The molecule has 0 atom stereocenters. The molecule has 0 heterocycles. The Labute approximate surface area is 120 Å². The Morgan fingerprint density at radius 3 is 2.56 bits per heavy atom. The molecule has 1 nitrogen and oxygen atoms in total. The van der Waals surface area contributed by atoms with Gasteiger partial charge in [-0.25, -0.2) is 0 Å². The van der Waals surface area contributed by atoms with Crippen LogP contribution in [-0.4, -0.2) is 5.11 Å². The first-order valence-corrected chi connectivity index (χ1v) is 7.35. The molecule has 2 aromatic carbocycles. The largest absolute Gasteiger partial charge is 0.392 e. The summed E-state index contributed by atoms with van der Waals surface area (Å²) in [4.78, 5) is 2.34. The Morgan fingerprint density at radius 2 is 1.83 bits per heavy atom. The topological polar surface area (TPSA) is 20.2 Å². The molecule has 0 unspecified atom stereocenters. The molecule has 2 aromatic rings. The first-order chi connectivity index (χ1) is 8.60. The third-order valence-corrected chi connectivity index (χ3v) is 4.52. The maximum Gasteiger partial charge on any atom is 0.0692 e. The summed E-state index contributed by atoms with van der Waals surface area (Å²) in [5, 5.41) is 9.38. The normalized spacial score (nSPS) is 10.7. The van der Waals surface area contributed by atoms with E-state index < -0.39 is 0 Å². The number of benzene rings is 2. The number of aryl methyl sites for hydroxylation is 2. The van der Waals surface area contributed by atoms with Gasteiger partial charge < -0.3 is 5.11 Å². The minimum absolute atomic E-state index is 0.0699. The van der Waals surface area contributed by atoms with Crippen molar-refractivity contribution in [2.24, 2.45) is 0 Å². The zero-order chi connectivity index (χ0) is 13.1. The van der Waals surface area contributed by atoms with Crippen molar-refractivity contribution < 1.29 is 5.11 Å². The average Bonchev–Trinajstić information content (AvgIpc) is 2.34. The molecule has 0 aliphatic carbocycles. The number of aliphatic hydroxyl groups excluding tert-OH is 1. The molecule has 0 aliphatic rings. The van der Waals surface area contributed by atoms with Crippen LogP contribution in [0, 0.1) is 13.8 Å². The second kappa shape index (κ2) is 5.91. The van der Waals surface area contributed by atoms with Gasteiger partial charge in [0.1, 0.15) is 0 Å². The number of halogens is 1. The molecule has 1 N–H and O–H groups in total. The van der Waals surface area contributed by atoms with E-state index >= 15 is 0 Å². The Hall–Kier alpha value is -0.770. The summed E-state index contributed by atoms with van der Waals surface area (Å²) in [7, 11) is 0. The highest BCUT2D eigenvalue weighted by Gasteiger charge is 2.07. The zero-order valence-corrected chi connectivity index (χ0v) is 12.8. The molecule has 0 aromatic heterocycles. The van der Waals surface area contributed by atoms with Gasteiger partial charge in [0.05, 0.1) is 6.61 Å². The quantitative estimate of drug-likeness (QED) is 0.883. The van der Waals surface area contributed by atoms with E-state index in [-0.39, 0.29) is 6.61 Å². The van der Waals surface area contributed by atoms with Crippen LogP contribution in [0.2, 0.25) is 0 Å². The van der Waals surface area contributed by atoms with Crippen molar-refractivity contribution in [1.82, 2.24) is 0 Å². The fourth-order valence-corrected chi connectivity index (χ4v) is 3.36. The third-order valence-electron chi connectivity index (χ3n) is 2.76. The van der Waals surface area contributed by atoms with Gasteiger partial charge >= 0.3 is 0 Å². The Balaban J connectivity index is 2.38. The van der Waals surface area contributed by atoms with Crippen LogP contribution in [-0.2, 0) is 6.61 Å². The van der Waals surface area contributed by atoms with Gasteiger partial charge in [0, 0.05) is 14.3 Å². The van der Waals surface area contributed by atoms with Gasteiger partial charge in [0.25, 0.3) is 0 Å². The van der Waals surface area contributed by atoms with Crippen molar-refractivity contribution in [1.29, 1.82) is 0 Å². The van der Waals surface area contributed by atoms with E-state index in [1.165, 1.54) is 16.0 Å². The van der Waals surface area contributed by atoms with E-state index in [4.69, 9.17) is 0 Å². The molecule has 0 amide bonds. The van der Waals surface area contributed by atoms with Gasteiger partial charge in [-0.2, -0.15) is 0 Å². The summed E-state index contributed by atoms with van der Waals surface area (Å²) in [5.74, 6) is 0. The lowest BCUT2D eigenvalue weighted by Gasteiger charge is -2.10. The van der Waals surface area contributed by atoms with Gasteiger partial charge in [0.15, 0.2) is 0 Å². The highest BCUT2D eigenvalue weighted by molar-refractivity contribution is 9.10. The van der Waals surface area contributed by atoms with Crippen molar-refractivity contribution in [3.8, 4) is 0 Å². The van der Waals surface area contributed by atoms with Gasteiger partial charge in [-0.3, -0.25) is 0 Å². The lowest BCUT2D eigenvalue weighted by atomic mass is 10.2. The number of hydrogen-bond acceptors (Lipinski definition) is 2. The molecular formula is C15H15BrOS. The van der Waals surface area contributed by atoms with Crippen LogP contribution in [0.15, 0.2) is 50.7 Å². The minimum atomic E-state index is 0.0699. The summed E-state index contributed by atoms with van der Waals surface area (Å²) in [6.07, 6.45) is 0. The fraction of sp³-hybridized carbons (Fsp3) is 0.200. The third kappa shape index (κ3) is 3.16. The van der Waals surface area contributed by atoms with Crippen molar-refractivity contribution in [3.05, 3.63) is 57.6 Å². The standard InChI is InChI=1S/C15H15BrOS/c1-10-3-4-11(2)14(7-10)18-15-8-13(16)6-5-12(15)9-17/h3-8,17H,9H2,1-2H3. The summed E-state index contributed by atoms with van der Waals surface area (Å²) in [5.41, 5.74) is 3.47. The van der Waals surface area contributed by atoms with Crippen molar-refractivity contribution in [2.45, 2.75) is 30.2 Å². The van der Waals surface area contributed by atoms with E-state index in [2.05, 4.69) is 54.0 Å². The first kappa shape index (κ1) is 13.7. The molecule has 0 fully saturated rings. The monoisotopic (exact) mass is 322 g/mol. The van der Waals surface area contributed by atoms with E-state index in [0.717, 1.165) is 14.9 Å². The van der Waals surface area contributed by atoms with Gasteiger partial charge in [-0.05, 0) is 48.7 Å². The number of aliphatic hydroxyl groups is 1. The van der Waals surface area contributed by atoms with E-state index in [0.29, 0.717) is 0 Å². The van der Waals surface area contributed by atoms with Crippen LogP contribution < -0.4 is 0 Å². The summed E-state index contributed by atoms with van der Waals surface area (Å²) in [6, 6.07) is 12.4. The SMILES string of the molecule is Cc1ccc(C)c(Sc2cc(Br)ccc2CO)c1. The predicted molar refractivity (Wildman–Crippen MR) is 80.1 cm³/mol. The van der Waals surface area contributed by atoms with Crippen LogP contribution in [0.4, 0.5) is 0 Å². The zero-order valence-electron chi connectivity index (χ0n) is 10.4. The summed E-state index contributed by atoms with van der Waals surface area (Å²) < 4.78 is 1.03. The lowest BCUT2D eigenvalue weighted by molar-refractivity contribution is 0.279. The first-order valence-electron chi connectivity index (χ1n) is 5.74. The predicted octanol–water partition coefficient (Wildman–Crippen LogP) is 4.71. The highest BCUT2D eigenvalue weighted by Crippen LogP contribution is 2.34. The Morgan fingerprint density at radius 1 is 1.06 bits per heavy atom. The number of rotatable bonds is 3. The maximum atomic E-state index is 9.38. The van der Waals surface area contributed by atoms with E-state index in [9.17, 15) is 5.11 Å². The van der Waals surface area contributed by atoms with E-state index in [1.807, 2.05) is 12.1 Å². The van der Waals surface area contributed by atoms with Crippen molar-refractivity contribution in [2.75, 3.05) is 0 Å². The van der Waals surface area contributed by atoms with Crippen molar-refractivity contribution in [3.63, 3.8) is 0 Å². The molecule has 18 heavy (non-hydrogen) atoms. The molecule has 3 heteroatoms. The molecule has 0 radical (unpaired) electrons. The van der Waals surface area contributed by atoms with Crippen LogP contribution in [0.1, 0.15) is 16.7 Å². The minimum Gasteiger partial charge on any atom is -0.392 e. The maximum absolute atomic E-state index is 9.38. The number of hydrogen-bond donors (Lipinski definition) is 1. The molecule has 0 bridgehead atoms. The summed E-state index contributed by atoms with van der Waals surface area (Å²) >= 11 is 5.18. The molecule has 0 saturated heterocycles. The molecule has 94 valence electrons. The Kier molecular flexibility index (Phi) is 4.49. The smallest absolute Gasteiger partial charge is 0.0692 e. The molecule has 2 rings (SSSR count). The van der Waals surface area contributed by atoms with Crippen LogP contribution in [0.25, 0.3) is 0 Å². The van der Waals surface area contributed by atoms with Crippen LogP contribution >= 0.6 is 27.7 Å².